The first-order chi connectivity index (χ1) is 9.70. The van der Waals surface area contributed by atoms with Gasteiger partial charge in [0.25, 0.3) is 5.91 Å². The fourth-order valence-electron chi connectivity index (χ4n) is 2.39. The highest BCUT2D eigenvalue weighted by Crippen LogP contribution is 2.19. The first-order valence-corrected chi connectivity index (χ1v) is 6.76. The molecule has 0 unspecified atom stereocenters. The number of likely N-dealkylation sites (tertiary alicyclic amines) is 1. The maximum atomic E-state index is 13.1. The third-order valence-corrected chi connectivity index (χ3v) is 3.51. The topological polar surface area (TPSA) is 29.5 Å². The van der Waals surface area contributed by atoms with Crippen LogP contribution in [0.25, 0.3) is 0 Å². The average Bonchev–Trinajstić information content (AvgIpc) is 2.47. The summed E-state index contributed by atoms with van der Waals surface area (Å²) in [5.74, 6) is 2.40. The van der Waals surface area contributed by atoms with Crippen molar-refractivity contribution < 1.29 is 13.9 Å². The number of halogens is 1. The van der Waals surface area contributed by atoms with Gasteiger partial charge >= 0.3 is 0 Å². The van der Waals surface area contributed by atoms with Gasteiger partial charge in [0.05, 0.1) is 6.61 Å². The predicted octanol–water partition coefficient (Wildman–Crippen LogP) is 2.33. The summed E-state index contributed by atoms with van der Waals surface area (Å²) in [6, 6.07) is 5.83. The summed E-state index contributed by atoms with van der Waals surface area (Å²) in [7, 11) is 0. The number of benzene rings is 1. The van der Waals surface area contributed by atoms with Gasteiger partial charge in [-0.25, -0.2) is 4.39 Å². The second-order valence-corrected chi connectivity index (χ2v) is 4.97. The molecule has 1 heterocycles. The summed E-state index contributed by atoms with van der Waals surface area (Å²) in [5.41, 5.74) is 0.409. The van der Waals surface area contributed by atoms with E-state index in [-0.39, 0.29) is 11.7 Å². The van der Waals surface area contributed by atoms with Gasteiger partial charge in [-0.05, 0) is 37.0 Å². The number of carbonyl (C=O) groups is 1. The molecule has 0 aliphatic carbocycles. The van der Waals surface area contributed by atoms with E-state index in [1.54, 1.807) is 17.0 Å². The highest BCUT2D eigenvalue weighted by Gasteiger charge is 2.23. The Morgan fingerprint density at radius 3 is 2.85 bits per heavy atom. The number of hydrogen-bond donors (Lipinski definition) is 0. The molecule has 0 saturated carbocycles. The van der Waals surface area contributed by atoms with Gasteiger partial charge in [0, 0.05) is 18.7 Å². The quantitative estimate of drug-likeness (QED) is 0.623. The maximum absolute atomic E-state index is 13.1. The van der Waals surface area contributed by atoms with E-state index >= 15 is 0 Å². The van der Waals surface area contributed by atoms with Crippen LogP contribution >= 0.6 is 0 Å². The van der Waals surface area contributed by atoms with E-state index in [0.717, 1.165) is 12.8 Å². The standard InChI is InChI=1S/C16H18FNO2/c1-2-10-20-12-13-6-8-18(9-7-13)16(19)14-4-3-5-15(17)11-14/h1,3-5,11,13H,6-10,12H2. The van der Waals surface area contributed by atoms with E-state index in [9.17, 15) is 9.18 Å². The van der Waals surface area contributed by atoms with Gasteiger partial charge in [-0.15, -0.1) is 6.42 Å². The minimum Gasteiger partial charge on any atom is -0.369 e. The van der Waals surface area contributed by atoms with Crippen LogP contribution in [0.2, 0.25) is 0 Å². The smallest absolute Gasteiger partial charge is 0.253 e. The van der Waals surface area contributed by atoms with Gasteiger partial charge in [-0.1, -0.05) is 12.0 Å². The number of piperidine rings is 1. The highest BCUT2D eigenvalue weighted by atomic mass is 19.1. The number of terminal acetylenes is 1. The Kier molecular flexibility index (Phi) is 5.14. The van der Waals surface area contributed by atoms with Crippen LogP contribution in [0.4, 0.5) is 4.39 Å². The molecule has 1 aromatic rings. The Hall–Kier alpha value is -1.86. The lowest BCUT2D eigenvalue weighted by Crippen LogP contribution is -2.39. The van der Waals surface area contributed by atoms with Crippen molar-refractivity contribution >= 4 is 5.91 Å². The molecule has 1 fully saturated rings. The van der Waals surface area contributed by atoms with E-state index < -0.39 is 0 Å². The fraction of sp³-hybridized carbons (Fsp3) is 0.438. The second kappa shape index (κ2) is 7.06. The molecule has 1 aliphatic rings. The number of hydrogen-bond acceptors (Lipinski definition) is 2. The molecule has 1 saturated heterocycles. The van der Waals surface area contributed by atoms with Gasteiger partial charge in [0.2, 0.25) is 0 Å². The lowest BCUT2D eigenvalue weighted by Gasteiger charge is -2.31. The van der Waals surface area contributed by atoms with Crippen LogP contribution in [-0.4, -0.2) is 37.1 Å². The number of nitrogens with zero attached hydrogens (tertiary/aromatic N) is 1. The molecule has 20 heavy (non-hydrogen) atoms. The summed E-state index contributed by atoms with van der Waals surface area (Å²) in [5, 5.41) is 0. The Morgan fingerprint density at radius 2 is 2.20 bits per heavy atom. The molecule has 0 bridgehead atoms. The van der Waals surface area contributed by atoms with Crippen molar-refractivity contribution in [3.05, 3.63) is 35.6 Å². The Morgan fingerprint density at radius 1 is 1.45 bits per heavy atom. The first kappa shape index (κ1) is 14.5. The molecule has 3 nitrogen and oxygen atoms in total. The van der Waals surface area contributed by atoms with Gasteiger partial charge in [0.1, 0.15) is 12.4 Å². The van der Waals surface area contributed by atoms with E-state index in [1.807, 2.05) is 0 Å². The third kappa shape index (κ3) is 3.82. The summed E-state index contributed by atoms with van der Waals surface area (Å²) in [6.45, 7) is 2.34. The number of rotatable bonds is 4. The zero-order chi connectivity index (χ0) is 14.4. The van der Waals surface area contributed by atoms with Crippen LogP contribution < -0.4 is 0 Å². The number of ether oxygens (including phenoxy) is 1. The molecule has 1 aromatic carbocycles. The van der Waals surface area contributed by atoms with Crippen molar-refractivity contribution in [2.75, 3.05) is 26.3 Å². The van der Waals surface area contributed by atoms with Crippen molar-refractivity contribution in [1.82, 2.24) is 4.90 Å². The number of carbonyl (C=O) groups excluding carboxylic acids is 1. The molecule has 0 radical (unpaired) electrons. The SMILES string of the molecule is C#CCOCC1CCN(C(=O)c2cccc(F)c2)CC1. The molecule has 2 rings (SSSR count). The van der Waals surface area contributed by atoms with Gasteiger partial charge in [-0.3, -0.25) is 4.79 Å². The van der Waals surface area contributed by atoms with Crippen molar-refractivity contribution in [3.8, 4) is 12.3 Å². The van der Waals surface area contributed by atoms with Crippen LogP contribution in [-0.2, 0) is 4.74 Å². The second-order valence-electron chi connectivity index (χ2n) is 4.97. The molecule has 0 spiro atoms. The van der Waals surface area contributed by atoms with Crippen LogP contribution in [0.15, 0.2) is 24.3 Å². The van der Waals surface area contributed by atoms with Gasteiger partial charge < -0.3 is 9.64 Å². The van der Waals surface area contributed by atoms with Gasteiger partial charge in [0.15, 0.2) is 0 Å². The third-order valence-electron chi connectivity index (χ3n) is 3.51. The summed E-state index contributed by atoms with van der Waals surface area (Å²) in [6.07, 6.45) is 6.91. The normalized spacial score (nSPS) is 15.9. The van der Waals surface area contributed by atoms with Crippen LogP contribution in [0.5, 0.6) is 0 Å². The summed E-state index contributed by atoms with van der Waals surface area (Å²) in [4.78, 5) is 14.0. The van der Waals surface area contributed by atoms with E-state index in [2.05, 4.69) is 5.92 Å². The van der Waals surface area contributed by atoms with Crippen molar-refractivity contribution in [2.24, 2.45) is 5.92 Å². The van der Waals surface area contributed by atoms with Crippen LogP contribution in [0.1, 0.15) is 23.2 Å². The Labute approximate surface area is 118 Å². The molecule has 1 amide bonds. The highest BCUT2D eigenvalue weighted by molar-refractivity contribution is 5.94. The fourth-order valence-corrected chi connectivity index (χ4v) is 2.39. The molecule has 1 aliphatic heterocycles. The Balaban J connectivity index is 1.84. The van der Waals surface area contributed by atoms with Crippen molar-refractivity contribution in [2.45, 2.75) is 12.8 Å². The zero-order valence-electron chi connectivity index (χ0n) is 11.3. The largest absolute Gasteiger partial charge is 0.369 e. The molecule has 4 heteroatoms. The molecular formula is C16H18FNO2. The van der Waals surface area contributed by atoms with Crippen LogP contribution in [0, 0.1) is 24.1 Å². The van der Waals surface area contributed by atoms with Gasteiger partial charge in [-0.2, -0.15) is 0 Å². The average molecular weight is 275 g/mol. The van der Waals surface area contributed by atoms with Crippen LogP contribution in [0.3, 0.4) is 0 Å². The lowest BCUT2D eigenvalue weighted by atomic mass is 9.97. The minimum absolute atomic E-state index is 0.104. The number of amides is 1. The molecule has 0 aromatic heterocycles. The molecular weight excluding hydrogens is 257 g/mol. The predicted molar refractivity (Wildman–Crippen MR) is 74.7 cm³/mol. The monoisotopic (exact) mass is 275 g/mol. The summed E-state index contributed by atoms with van der Waals surface area (Å²) < 4.78 is 18.5. The van der Waals surface area contributed by atoms with E-state index in [1.165, 1.54) is 12.1 Å². The van der Waals surface area contributed by atoms with E-state index in [4.69, 9.17) is 11.2 Å². The van der Waals surface area contributed by atoms with Crippen molar-refractivity contribution in [3.63, 3.8) is 0 Å². The first-order valence-electron chi connectivity index (χ1n) is 6.76. The lowest BCUT2D eigenvalue weighted by molar-refractivity contribution is 0.0581. The Bertz CT molecular complexity index is 501. The molecule has 0 atom stereocenters. The molecule has 0 N–H and O–H groups in total. The molecule has 106 valence electrons. The maximum Gasteiger partial charge on any atom is 0.253 e. The van der Waals surface area contributed by atoms with E-state index in [0.29, 0.717) is 37.8 Å². The summed E-state index contributed by atoms with van der Waals surface area (Å²) >= 11 is 0. The minimum atomic E-state index is -0.381. The zero-order valence-corrected chi connectivity index (χ0v) is 11.3. The van der Waals surface area contributed by atoms with Crippen molar-refractivity contribution in [1.29, 1.82) is 0 Å².